The van der Waals surface area contributed by atoms with E-state index in [1.54, 1.807) is 0 Å². The third-order valence-electron chi connectivity index (χ3n) is 1.26. The van der Waals surface area contributed by atoms with Crippen molar-refractivity contribution in [3.63, 3.8) is 0 Å². The van der Waals surface area contributed by atoms with Gasteiger partial charge in [-0.1, -0.05) is 30.3 Å². The Labute approximate surface area is 96.1 Å². The third kappa shape index (κ3) is 9.68. The molecule has 2 N–H and O–H groups in total. The number of nitrogens with two attached hydrogens (primary N) is 1. The number of benzene rings is 1. The van der Waals surface area contributed by atoms with Crippen LogP contribution < -0.4 is 24.6 Å². The van der Waals surface area contributed by atoms with Crippen molar-refractivity contribution < 1.29 is 33.8 Å². The molecule has 1 rings (SSSR count). The molecule has 0 spiro atoms. The van der Waals surface area contributed by atoms with Gasteiger partial charge >= 0.3 is 25.5 Å². The van der Waals surface area contributed by atoms with Crippen LogP contribution in [-0.4, -0.2) is 13.7 Å². The first-order valence-electron chi connectivity index (χ1n) is 3.75. The number of rotatable bonds is 2. The van der Waals surface area contributed by atoms with Crippen molar-refractivity contribution in [1.82, 2.24) is 0 Å². The second-order valence-electron chi connectivity index (χ2n) is 2.19. The zero-order valence-corrected chi connectivity index (χ0v) is 8.41. The van der Waals surface area contributed by atoms with Gasteiger partial charge in [-0.25, -0.2) is 0 Å². The van der Waals surface area contributed by atoms with Crippen LogP contribution in [0.25, 0.3) is 0 Å². The first-order chi connectivity index (χ1) is 6.20. The van der Waals surface area contributed by atoms with Crippen molar-refractivity contribution in [2.24, 2.45) is 5.73 Å². The van der Waals surface area contributed by atoms with Crippen LogP contribution in [0.3, 0.4) is 0 Å². The number of hydrogen-bond acceptors (Lipinski definition) is 2. The molecule has 1 aromatic rings. The summed E-state index contributed by atoms with van der Waals surface area (Å²) in [6, 6.07) is 9.99. The quantitative estimate of drug-likeness (QED) is 0.625. The van der Waals surface area contributed by atoms with Gasteiger partial charge in [0.1, 0.15) is 0 Å². The van der Waals surface area contributed by atoms with Crippen molar-refractivity contribution in [3.8, 4) is 0 Å². The summed E-state index contributed by atoms with van der Waals surface area (Å²) in [5, 5.41) is 0. The predicted molar refractivity (Wildman–Crippen MR) is 48.5 cm³/mol. The van der Waals surface area contributed by atoms with Crippen LogP contribution in [0, 0.1) is 0 Å². The van der Waals surface area contributed by atoms with Gasteiger partial charge in [-0.3, -0.25) is 0 Å². The molecular formula is C9H14F2LiNO. The molecule has 0 heterocycles. The number of ether oxygens (including phenoxy) is 1. The fraction of sp³-hybridized carbons (Fsp3) is 0.333. The van der Waals surface area contributed by atoms with Gasteiger partial charge in [0.05, 0.1) is 0 Å². The van der Waals surface area contributed by atoms with Crippen LogP contribution in [0.2, 0.25) is 0 Å². The maximum Gasteiger partial charge on any atom is 1.00 e. The molecule has 0 aliphatic carbocycles. The van der Waals surface area contributed by atoms with Gasteiger partial charge in [0.2, 0.25) is 0 Å². The summed E-state index contributed by atoms with van der Waals surface area (Å²) in [5.41, 5.74) is 6.54. The van der Waals surface area contributed by atoms with Crippen LogP contribution >= 0.6 is 0 Å². The predicted octanol–water partition coefficient (Wildman–Crippen LogP) is -0.883. The molecule has 0 unspecified atom stereocenters. The molecule has 5 heteroatoms. The fourth-order valence-electron chi connectivity index (χ4n) is 0.614. The molecule has 0 radical (unpaired) electrons. The van der Waals surface area contributed by atoms with E-state index < -0.39 is 6.61 Å². The summed E-state index contributed by atoms with van der Waals surface area (Å²) in [6.45, 7) is -1.98. The fourth-order valence-corrected chi connectivity index (χ4v) is 0.614. The summed E-state index contributed by atoms with van der Waals surface area (Å²) in [4.78, 5) is 0. The van der Waals surface area contributed by atoms with Gasteiger partial charge < -0.3 is 11.9 Å². The van der Waals surface area contributed by atoms with E-state index in [9.17, 15) is 8.78 Å². The van der Waals surface area contributed by atoms with Crippen molar-refractivity contribution in [2.45, 2.75) is 13.2 Å². The van der Waals surface area contributed by atoms with E-state index in [0.29, 0.717) is 6.54 Å². The third-order valence-corrected chi connectivity index (χ3v) is 1.26. The first kappa shape index (κ1) is 16.0. The monoisotopic (exact) mass is 197 g/mol. The molecule has 14 heavy (non-hydrogen) atoms. The molecule has 2 nitrogen and oxygen atoms in total. The van der Waals surface area contributed by atoms with Gasteiger partial charge in [-0.2, -0.15) is 8.78 Å². The summed E-state index contributed by atoms with van der Waals surface area (Å²) < 4.78 is 24.5. The zero-order chi connectivity index (χ0) is 10.1. The molecule has 0 aliphatic heterocycles. The molecule has 0 aliphatic rings. The first-order valence-corrected chi connectivity index (χ1v) is 3.75. The molecule has 0 atom stereocenters. The molecule has 0 fully saturated rings. The minimum Gasteiger partial charge on any atom is -1.00 e. The standard InChI is InChI=1S/C7H9N.C2H4F2O.Li.H/c8-6-7-4-2-1-3-5-7;1-5-2(3)4;;/h1-5H,6,8H2;2H,1H3;;/q;;+1;-1. The summed E-state index contributed by atoms with van der Waals surface area (Å²) in [7, 11) is 0.949. The number of halogens is 2. The van der Waals surface area contributed by atoms with Gasteiger partial charge in [-0.15, -0.1) is 0 Å². The van der Waals surface area contributed by atoms with Crippen molar-refractivity contribution in [2.75, 3.05) is 7.11 Å². The topological polar surface area (TPSA) is 35.2 Å². The minimum absolute atomic E-state index is 0. The van der Waals surface area contributed by atoms with Crippen LogP contribution in [0.4, 0.5) is 8.78 Å². The molecule has 76 valence electrons. The van der Waals surface area contributed by atoms with Crippen LogP contribution in [-0.2, 0) is 11.3 Å². The van der Waals surface area contributed by atoms with E-state index >= 15 is 0 Å². The Kier molecular flexibility index (Phi) is 12.2. The van der Waals surface area contributed by atoms with Crippen molar-refractivity contribution in [1.29, 1.82) is 0 Å². The van der Waals surface area contributed by atoms with Crippen molar-refractivity contribution in [3.05, 3.63) is 35.9 Å². The molecule has 0 saturated heterocycles. The number of hydrogen-bond donors (Lipinski definition) is 1. The van der Waals surface area contributed by atoms with E-state index in [4.69, 9.17) is 5.73 Å². The van der Waals surface area contributed by atoms with E-state index in [-0.39, 0.29) is 20.3 Å². The Morgan fingerprint density at radius 1 is 1.36 bits per heavy atom. The summed E-state index contributed by atoms with van der Waals surface area (Å²) >= 11 is 0. The minimum atomic E-state index is -2.62. The van der Waals surface area contributed by atoms with Crippen LogP contribution in [0.15, 0.2) is 30.3 Å². The average molecular weight is 197 g/mol. The van der Waals surface area contributed by atoms with Crippen LogP contribution in [0.5, 0.6) is 0 Å². The molecule has 0 bridgehead atoms. The molecule has 0 amide bonds. The number of methoxy groups -OCH3 is 1. The summed E-state index contributed by atoms with van der Waals surface area (Å²) in [5.74, 6) is 0. The van der Waals surface area contributed by atoms with E-state index in [2.05, 4.69) is 4.74 Å². The second kappa shape index (κ2) is 10.7. The maximum atomic E-state index is 10.5. The van der Waals surface area contributed by atoms with Gasteiger partial charge in [0.25, 0.3) is 0 Å². The number of alkyl halides is 2. The maximum absolute atomic E-state index is 10.5. The van der Waals surface area contributed by atoms with E-state index in [1.165, 1.54) is 5.56 Å². The Morgan fingerprint density at radius 3 is 2.00 bits per heavy atom. The van der Waals surface area contributed by atoms with Crippen LogP contribution in [0.1, 0.15) is 6.99 Å². The Balaban J connectivity index is -0.000000185. The van der Waals surface area contributed by atoms with Gasteiger partial charge in [0, 0.05) is 13.7 Å². The zero-order valence-electron chi connectivity index (χ0n) is 9.41. The normalized spacial score (nSPS) is 8.64. The summed E-state index contributed by atoms with van der Waals surface area (Å²) in [6.07, 6.45) is 0. The largest absolute Gasteiger partial charge is 1.00 e. The Hall–Kier alpha value is -0.403. The molecule has 0 saturated carbocycles. The average Bonchev–Trinajstić information content (AvgIpc) is 2.20. The van der Waals surface area contributed by atoms with E-state index in [0.717, 1.165) is 7.11 Å². The Morgan fingerprint density at radius 2 is 1.79 bits per heavy atom. The smallest absolute Gasteiger partial charge is 1.00 e. The molecule has 0 aromatic heterocycles. The molecule has 1 aromatic carbocycles. The van der Waals surface area contributed by atoms with Crippen molar-refractivity contribution >= 4 is 0 Å². The van der Waals surface area contributed by atoms with E-state index in [1.807, 2.05) is 30.3 Å². The SMILES string of the molecule is COC(F)F.NCc1ccccc1.[H-].[Li+]. The second-order valence-corrected chi connectivity index (χ2v) is 2.19. The van der Waals surface area contributed by atoms with Gasteiger partial charge in [0.15, 0.2) is 0 Å². The van der Waals surface area contributed by atoms with Gasteiger partial charge in [-0.05, 0) is 5.56 Å². The Bertz CT molecular complexity index is 215. The molecular weight excluding hydrogens is 183 g/mol.